The third-order valence-corrected chi connectivity index (χ3v) is 4.63. The van der Waals surface area contributed by atoms with Crippen LogP contribution in [0.15, 0.2) is 65.2 Å². The minimum atomic E-state index is 0.0922. The molecular weight excluding hydrogens is 314 g/mol. The van der Waals surface area contributed by atoms with Gasteiger partial charge in [-0.1, -0.05) is 53.7 Å². The Bertz CT molecular complexity index is 838. The van der Waals surface area contributed by atoms with Gasteiger partial charge in [-0.25, -0.2) is 0 Å². The van der Waals surface area contributed by atoms with Gasteiger partial charge in [0.15, 0.2) is 0 Å². The monoisotopic (exact) mass is 333 g/mol. The van der Waals surface area contributed by atoms with Crippen molar-refractivity contribution in [2.45, 2.75) is 18.8 Å². The van der Waals surface area contributed by atoms with Gasteiger partial charge in [-0.3, -0.25) is 4.79 Å². The molecule has 0 bridgehead atoms. The molecule has 0 saturated carbocycles. The summed E-state index contributed by atoms with van der Waals surface area (Å²) in [5, 5.41) is 4.10. The molecule has 5 heteroatoms. The first kappa shape index (κ1) is 15.6. The smallest absolute Gasteiger partial charge is 0.253 e. The summed E-state index contributed by atoms with van der Waals surface area (Å²) in [7, 11) is 0. The lowest BCUT2D eigenvalue weighted by Crippen LogP contribution is -2.37. The van der Waals surface area contributed by atoms with Crippen LogP contribution in [0.25, 0.3) is 11.4 Å². The van der Waals surface area contributed by atoms with E-state index in [1.165, 1.54) is 0 Å². The van der Waals surface area contributed by atoms with Gasteiger partial charge in [0.2, 0.25) is 11.7 Å². The highest BCUT2D eigenvalue weighted by atomic mass is 16.5. The molecule has 0 spiro atoms. The molecule has 1 aliphatic rings. The van der Waals surface area contributed by atoms with Gasteiger partial charge < -0.3 is 9.42 Å². The fraction of sp³-hybridized carbons (Fsp3) is 0.250. The van der Waals surface area contributed by atoms with Crippen LogP contribution in [0, 0.1) is 0 Å². The highest BCUT2D eigenvalue weighted by molar-refractivity contribution is 5.94. The minimum absolute atomic E-state index is 0.0922. The van der Waals surface area contributed by atoms with E-state index in [-0.39, 0.29) is 11.8 Å². The van der Waals surface area contributed by atoms with E-state index in [0.29, 0.717) is 24.8 Å². The van der Waals surface area contributed by atoms with Crippen LogP contribution in [-0.4, -0.2) is 34.0 Å². The average molecular weight is 333 g/mol. The molecule has 1 saturated heterocycles. The summed E-state index contributed by atoms with van der Waals surface area (Å²) >= 11 is 0. The molecule has 4 rings (SSSR count). The van der Waals surface area contributed by atoms with Crippen molar-refractivity contribution in [3.63, 3.8) is 0 Å². The Hall–Kier alpha value is -2.95. The number of carbonyl (C=O) groups excluding carboxylic acids is 1. The van der Waals surface area contributed by atoms with E-state index in [0.717, 1.165) is 24.0 Å². The van der Waals surface area contributed by atoms with E-state index in [1.54, 1.807) is 0 Å². The van der Waals surface area contributed by atoms with Crippen molar-refractivity contribution in [1.82, 2.24) is 15.0 Å². The minimum Gasteiger partial charge on any atom is -0.339 e. The number of amides is 1. The molecule has 0 unspecified atom stereocenters. The second-order valence-electron chi connectivity index (χ2n) is 6.25. The summed E-state index contributed by atoms with van der Waals surface area (Å²) in [4.78, 5) is 19.0. The molecule has 0 N–H and O–H groups in total. The molecule has 1 fully saturated rings. The Morgan fingerprint density at radius 1 is 0.960 bits per heavy atom. The standard InChI is InChI=1S/C20H19N3O2/c24-20(17-9-5-2-6-10-17)23-13-11-16(12-14-23)19-21-18(22-25-19)15-7-3-1-4-8-15/h1-10,16H,11-14H2. The number of hydrogen-bond acceptors (Lipinski definition) is 4. The first-order valence-electron chi connectivity index (χ1n) is 8.54. The van der Waals surface area contributed by atoms with Crippen LogP contribution < -0.4 is 0 Å². The van der Waals surface area contributed by atoms with Gasteiger partial charge in [0, 0.05) is 30.1 Å². The van der Waals surface area contributed by atoms with E-state index >= 15 is 0 Å². The number of benzene rings is 2. The number of hydrogen-bond donors (Lipinski definition) is 0. The first-order chi connectivity index (χ1) is 12.3. The van der Waals surface area contributed by atoms with Crippen LogP contribution in [0.4, 0.5) is 0 Å². The number of piperidine rings is 1. The van der Waals surface area contributed by atoms with E-state index < -0.39 is 0 Å². The van der Waals surface area contributed by atoms with E-state index in [2.05, 4.69) is 10.1 Å². The molecule has 3 aromatic rings. The van der Waals surface area contributed by atoms with Crippen LogP contribution in [0.3, 0.4) is 0 Å². The number of aromatic nitrogens is 2. The predicted octanol–water partition coefficient (Wildman–Crippen LogP) is 3.76. The van der Waals surface area contributed by atoms with Gasteiger partial charge >= 0.3 is 0 Å². The maximum Gasteiger partial charge on any atom is 0.253 e. The van der Waals surface area contributed by atoms with Crippen molar-refractivity contribution in [3.8, 4) is 11.4 Å². The summed E-state index contributed by atoms with van der Waals surface area (Å²) < 4.78 is 5.47. The largest absolute Gasteiger partial charge is 0.339 e. The molecule has 1 aromatic heterocycles. The third-order valence-electron chi connectivity index (χ3n) is 4.63. The molecule has 1 aliphatic heterocycles. The van der Waals surface area contributed by atoms with Gasteiger partial charge in [-0.05, 0) is 25.0 Å². The lowest BCUT2D eigenvalue weighted by Gasteiger charge is -2.30. The van der Waals surface area contributed by atoms with Crippen molar-refractivity contribution in [2.24, 2.45) is 0 Å². The molecule has 1 amide bonds. The zero-order valence-corrected chi connectivity index (χ0v) is 13.8. The highest BCUT2D eigenvalue weighted by Crippen LogP contribution is 2.29. The Labute approximate surface area is 146 Å². The van der Waals surface area contributed by atoms with Crippen LogP contribution in [-0.2, 0) is 0 Å². The summed E-state index contributed by atoms with van der Waals surface area (Å²) in [5.74, 6) is 1.60. The second-order valence-corrected chi connectivity index (χ2v) is 6.25. The lowest BCUT2D eigenvalue weighted by molar-refractivity contribution is 0.0704. The van der Waals surface area contributed by atoms with Crippen molar-refractivity contribution in [2.75, 3.05) is 13.1 Å². The Morgan fingerprint density at radius 2 is 1.60 bits per heavy atom. The number of rotatable bonds is 3. The Kier molecular flexibility index (Phi) is 4.29. The van der Waals surface area contributed by atoms with Gasteiger partial charge in [0.05, 0.1) is 0 Å². The molecule has 0 atom stereocenters. The zero-order valence-electron chi connectivity index (χ0n) is 13.8. The quantitative estimate of drug-likeness (QED) is 0.732. The average Bonchev–Trinajstić information content (AvgIpc) is 3.19. The molecule has 0 radical (unpaired) electrons. The van der Waals surface area contributed by atoms with Crippen LogP contribution in [0.1, 0.15) is 35.0 Å². The summed E-state index contributed by atoms with van der Waals surface area (Å²) in [5.41, 5.74) is 1.69. The van der Waals surface area contributed by atoms with Gasteiger partial charge in [0.25, 0.3) is 5.91 Å². The molecule has 25 heavy (non-hydrogen) atoms. The van der Waals surface area contributed by atoms with E-state index in [9.17, 15) is 4.79 Å². The van der Waals surface area contributed by atoms with Gasteiger partial charge in [0.1, 0.15) is 0 Å². The zero-order chi connectivity index (χ0) is 17.1. The molecule has 5 nitrogen and oxygen atoms in total. The Balaban J connectivity index is 1.41. The fourth-order valence-corrected chi connectivity index (χ4v) is 3.20. The van der Waals surface area contributed by atoms with Gasteiger partial charge in [-0.2, -0.15) is 4.98 Å². The summed E-state index contributed by atoms with van der Waals surface area (Å²) in [6.07, 6.45) is 1.68. The second kappa shape index (κ2) is 6.89. The fourth-order valence-electron chi connectivity index (χ4n) is 3.20. The molecular formula is C20H19N3O2. The summed E-state index contributed by atoms with van der Waals surface area (Å²) in [6, 6.07) is 19.2. The van der Waals surface area contributed by atoms with Crippen molar-refractivity contribution in [3.05, 3.63) is 72.1 Å². The van der Waals surface area contributed by atoms with Crippen LogP contribution in [0.5, 0.6) is 0 Å². The van der Waals surface area contributed by atoms with Crippen molar-refractivity contribution >= 4 is 5.91 Å². The Morgan fingerprint density at radius 3 is 2.28 bits per heavy atom. The van der Waals surface area contributed by atoms with E-state index in [4.69, 9.17) is 4.52 Å². The SMILES string of the molecule is O=C(c1ccccc1)N1CCC(c2nc(-c3ccccc3)no2)CC1. The maximum atomic E-state index is 12.5. The van der Waals surface area contributed by atoms with Crippen LogP contribution >= 0.6 is 0 Å². The number of carbonyl (C=O) groups is 1. The molecule has 0 aliphatic carbocycles. The van der Waals surface area contributed by atoms with Gasteiger partial charge in [-0.15, -0.1) is 0 Å². The van der Waals surface area contributed by atoms with Crippen molar-refractivity contribution < 1.29 is 9.32 Å². The normalized spacial score (nSPS) is 15.3. The van der Waals surface area contributed by atoms with E-state index in [1.807, 2.05) is 65.6 Å². The molecule has 126 valence electrons. The molecule has 2 aromatic carbocycles. The third kappa shape index (κ3) is 3.31. The number of likely N-dealkylation sites (tertiary alicyclic amines) is 1. The first-order valence-corrected chi connectivity index (χ1v) is 8.54. The lowest BCUT2D eigenvalue weighted by atomic mass is 9.96. The van der Waals surface area contributed by atoms with Crippen molar-refractivity contribution in [1.29, 1.82) is 0 Å². The molecule has 2 heterocycles. The topological polar surface area (TPSA) is 59.2 Å². The predicted molar refractivity (Wildman–Crippen MR) is 94.1 cm³/mol. The summed E-state index contributed by atoms with van der Waals surface area (Å²) in [6.45, 7) is 1.42. The van der Waals surface area contributed by atoms with Crippen LogP contribution in [0.2, 0.25) is 0 Å². The number of nitrogens with zero attached hydrogens (tertiary/aromatic N) is 3. The maximum absolute atomic E-state index is 12.5. The highest BCUT2D eigenvalue weighted by Gasteiger charge is 2.28.